The quantitative estimate of drug-likeness (QED) is 0.750. The van der Waals surface area contributed by atoms with Crippen molar-refractivity contribution in [3.8, 4) is 0 Å². The van der Waals surface area contributed by atoms with Gasteiger partial charge in [0.2, 0.25) is 0 Å². The van der Waals surface area contributed by atoms with Crippen LogP contribution in [0.25, 0.3) is 0 Å². The zero-order valence-electron chi connectivity index (χ0n) is 10.5. The first-order valence-corrected chi connectivity index (χ1v) is 7.36. The first-order chi connectivity index (χ1) is 9.13. The fraction of sp³-hybridized carbons (Fsp3) is 0.500. The van der Waals surface area contributed by atoms with Gasteiger partial charge in [-0.3, -0.25) is 4.79 Å². The van der Waals surface area contributed by atoms with Gasteiger partial charge in [-0.25, -0.2) is 4.39 Å². The van der Waals surface area contributed by atoms with Crippen molar-refractivity contribution in [3.63, 3.8) is 0 Å². The lowest BCUT2D eigenvalue weighted by Crippen LogP contribution is -2.44. The lowest BCUT2D eigenvalue weighted by Gasteiger charge is -2.37. The highest BCUT2D eigenvalue weighted by molar-refractivity contribution is 6.30. The minimum atomic E-state index is -0.557. The molecule has 0 unspecified atom stereocenters. The molecule has 0 bridgehead atoms. The highest BCUT2D eigenvalue weighted by Crippen LogP contribution is 2.27. The van der Waals surface area contributed by atoms with Gasteiger partial charge in [-0.05, 0) is 43.9 Å². The SMILES string of the molecule is O=C(c1ccc(Cl)c(F)c1)N(CCCCl)C1CCC1. The third kappa shape index (κ3) is 3.40. The van der Waals surface area contributed by atoms with Crippen LogP contribution in [0, 0.1) is 5.82 Å². The first kappa shape index (κ1) is 14.6. The van der Waals surface area contributed by atoms with Gasteiger partial charge in [0.05, 0.1) is 5.02 Å². The smallest absolute Gasteiger partial charge is 0.254 e. The summed E-state index contributed by atoms with van der Waals surface area (Å²) >= 11 is 11.3. The highest BCUT2D eigenvalue weighted by atomic mass is 35.5. The Labute approximate surface area is 122 Å². The van der Waals surface area contributed by atoms with Gasteiger partial charge in [0.15, 0.2) is 0 Å². The van der Waals surface area contributed by atoms with Crippen LogP contribution in [0.5, 0.6) is 0 Å². The van der Waals surface area contributed by atoms with E-state index < -0.39 is 5.82 Å². The van der Waals surface area contributed by atoms with Crippen LogP contribution in [0.4, 0.5) is 4.39 Å². The van der Waals surface area contributed by atoms with Crippen molar-refractivity contribution in [1.82, 2.24) is 4.90 Å². The average Bonchev–Trinajstić information content (AvgIpc) is 2.34. The fourth-order valence-electron chi connectivity index (χ4n) is 2.17. The van der Waals surface area contributed by atoms with E-state index in [-0.39, 0.29) is 17.0 Å². The van der Waals surface area contributed by atoms with Gasteiger partial charge in [0, 0.05) is 24.0 Å². The molecule has 1 aromatic carbocycles. The lowest BCUT2D eigenvalue weighted by atomic mass is 9.91. The summed E-state index contributed by atoms with van der Waals surface area (Å²) in [7, 11) is 0. The number of carbonyl (C=O) groups excluding carboxylic acids is 1. The van der Waals surface area contributed by atoms with E-state index >= 15 is 0 Å². The van der Waals surface area contributed by atoms with E-state index in [0.29, 0.717) is 18.0 Å². The third-order valence-electron chi connectivity index (χ3n) is 3.48. The molecule has 1 amide bonds. The molecule has 1 aliphatic rings. The Hall–Kier alpha value is -0.800. The number of benzene rings is 1. The predicted molar refractivity (Wildman–Crippen MR) is 75.4 cm³/mol. The second kappa shape index (κ2) is 6.58. The molecule has 5 heteroatoms. The maximum atomic E-state index is 13.4. The van der Waals surface area contributed by atoms with Crippen LogP contribution >= 0.6 is 23.2 Å². The van der Waals surface area contributed by atoms with E-state index in [4.69, 9.17) is 23.2 Å². The van der Waals surface area contributed by atoms with Gasteiger partial charge in [0.1, 0.15) is 5.82 Å². The Bertz CT molecular complexity index is 463. The van der Waals surface area contributed by atoms with Crippen LogP contribution in [0.3, 0.4) is 0 Å². The first-order valence-electron chi connectivity index (χ1n) is 6.45. The summed E-state index contributed by atoms with van der Waals surface area (Å²) < 4.78 is 13.4. The van der Waals surface area contributed by atoms with E-state index in [1.165, 1.54) is 12.1 Å². The molecule has 0 atom stereocenters. The Kier molecular flexibility index (Phi) is 5.06. The van der Waals surface area contributed by atoms with Gasteiger partial charge in [-0.2, -0.15) is 0 Å². The standard InChI is InChI=1S/C14H16Cl2FNO/c15-7-2-8-18(11-3-1-4-11)14(19)10-5-6-12(16)13(17)9-10/h5-6,9,11H,1-4,7-8H2. The zero-order valence-corrected chi connectivity index (χ0v) is 12.1. The maximum absolute atomic E-state index is 13.4. The van der Waals surface area contributed by atoms with Crippen molar-refractivity contribution in [1.29, 1.82) is 0 Å². The summed E-state index contributed by atoms with van der Waals surface area (Å²) in [6.45, 7) is 0.622. The molecule has 0 N–H and O–H groups in total. The number of rotatable bonds is 5. The second-order valence-corrected chi connectivity index (χ2v) is 5.54. The minimum Gasteiger partial charge on any atom is -0.336 e. The van der Waals surface area contributed by atoms with Crippen LogP contribution in [0.1, 0.15) is 36.0 Å². The normalized spacial score (nSPS) is 15.1. The summed E-state index contributed by atoms with van der Waals surface area (Å²) in [6, 6.07) is 4.47. The summed E-state index contributed by atoms with van der Waals surface area (Å²) in [6.07, 6.45) is 3.93. The summed E-state index contributed by atoms with van der Waals surface area (Å²) in [4.78, 5) is 14.2. The van der Waals surface area contributed by atoms with Crippen LogP contribution in [-0.2, 0) is 0 Å². The fourth-order valence-corrected chi connectivity index (χ4v) is 2.41. The number of nitrogens with zero attached hydrogens (tertiary/aromatic N) is 1. The highest BCUT2D eigenvalue weighted by Gasteiger charge is 2.29. The number of hydrogen-bond acceptors (Lipinski definition) is 1. The van der Waals surface area contributed by atoms with Gasteiger partial charge in [0.25, 0.3) is 5.91 Å². The van der Waals surface area contributed by atoms with Crippen molar-refractivity contribution in [2.45, 2.75) is 31.7 Å². The Morgan fingerprint density at radius 3 is 2.68 bits per heavy atom. The largest absolute Gasteiger partial charge is 0.336 e. The monoisotopic (exact) mass is 303 g/mol. The van der Waals surface area contributed by atoms with Crippen molar-refractivity contribution >= 4 is 29.1 Å². The topological polar surface area (TPSA) is 20.3 Å². The van der Waals surface area contributed by atoms with E-state index in [1.54, 1.807) is 6.07 Å². The summed E-state index contributed by atoms with van der Waals surface area (Å²) in [5, 5.41) is 0.0347. The zero-order chi connectivity index (χ0) is 13.8. The average molecular weight is 304 g/mol. The van der Waals surface area contributed by atoms with Crippen molar-refractivity contribution in [2.24, 2.45) is 0 Å². The number of halogens is 3. The molecule has 2 nitrogen and oxygen atoms in total. The molecule has 19 heavy (non-hydrogen) atoms. The number of alkyl halides is 1. The molecular formula is C14H16Cl2FNO. The molecule has 2 rings (SSSR count). The molecule has 0 aliphatic heterocycles. The minimum absolute atomic E-state index is 0.0347. The molecule has 0 aromatic heterocycles. The molecule has 0 saturated heterocycles. The van der Waals surface area contributed by atoms with Gasteiger partial charge < -0.3 is 4.90 Å². The predicted octanol–water partition coefficient (Wildman–Crippen LogP) is 4.10. The van der Waals surface area contributed by atoms with Gasteiger partial charge in [-0.1, -0.05) is 11.6 Å². The molecule has 104 valence electrons. The number of amides is 1. The summed E-state index contributed by atoms with van der Waals surface area (Å²) in [5.41, 5.74) is 0.350. The van der Waals surface area contributed by atoms with E-state index in [1.807, 2.05) is 4.90 Å². The number of carbonyl (C=O) groups is 1. The second-order valence-electron chi connectivity index (χ2n) is 4.75. The Morgan fingerprint density at radius 1 is 1.42 bits per heavy atom. The Morgan fingerprint density at radius 2 is 2.16 bits per heavy atom. The van der Waals surface area contributed by atoms with E-state index in [9.17, 15) is 9.18 Å². The van der Waals surface area contributed by atoms with Gasteiger partial charge in [-0.15, -0.1) is 11.6 Å². The lowest BCUT2D eigenvalue weighted by molar-refractivity contribution is 0.0580. The van der Waals surface area contributed by atoms with Crippen LogP contribution in [0.15, 0.2) is 18.2 Å². The van der Waals surface area contributed by atoms with E-state index in [0.717, 1.165) is 25.7 Å². The van der Waals surface area contributed by atoms with E-state index in [2.05, 4.69) is 0 Å². The Balaban J connectivity index is 2.15. The molecule has 1 aromatic rings. The molecule has 0 spiro atoms. The van der Waals surface area contributed by atoms with Crippen molar-refractivity contribution in [2.75, 3.05) is 12.4 Å². The molecule has 0 heterocycles. The molecular weight excluding hydrogens is 288 g/mol. The maximum Gasteiger partial charge on any atom is 0.254 e. The van der Waals surface area contributed by atoms with Crippen LogP contribution in [0.2, 0.25) is 5.02 Å². The molecule has 1 fully saturated rings. The number of hydrogen-bond donors (Lipinski definition) is 0. The van der Waals surface area contributed by atoms with Crippen molar-refractivity contribution in [3.05, 3.63) is 34.6 Å². The molecule has 1 saturated carbocycles. The van der Waals surface area contributed by atoms with Crippen LogP contribution in [-0.4, -0.2) is 29.3 Å². The van der Waals surface area contributed by atoms with Crippen molar-refractivity contribution < 1.29 is 9.18 Å². The molecule has 0 radical (unpaired) electrons. The molecule has 1 aliphatic carbocycles. The van der Waals surface area contributed by atoms with Crippen LogP contribution < -0.4 is 0 Å². The van der Waals surface area contributed by atoms with Gasteiger partial charge >= 0.3 is 0 Å². The summed E-state index contributed by atoms with van der Waals surface area (Å²) in [5.74, 6) is -0.172. The third-order valence-corrected chi connectivity index (χ3v) is 4.05.